The second-order valence-electron chi connectivity index (χ2n) is 10.3. The number of aliphatic carboxylic acids is 1. The van der Waals surface area contributed by atoms with E-state index >= 15 is 0 Å². The molecule has 2 aromatic carbocycles. The first-order valence-electron chi connectivity index (χ1n) is 12.0. The minimum absolute atomic E-state index is 0.0785. The third kappa shape index (κ3) is 6.62. The molecule has 0 fully saturated rings. The highest BCUT2D eigenvalue weighted by atomic mass is 16.6. The molecule has 0 radical (unpaired) electrons. The Morgan fingerprint density at radius 3 is 2.33 bits per heavy atom. The zero-order chi connectivity index (χ0) is 26.6. The van der Waals surface area contributed by atoms with Gasteiger partial charge >= 0.3 is 6.09 Å². The summed E-state index contributed by atoms with van der Waals surface area (Å²) in [4.78, 5) is 37.1. The smallest absolute Gasteiger partial charge is 0.407 e. The Bertz CT molecular complexity index is 1360. The molecule has 0 aliphatic rings. The minimum atomic E-state index is -1.30. The highest BCUT2D eigenvalue weighted by Gasteiger charge is 2.21. The van der Waals surface area contributed by atoms with Crippen molar-refractivity contribution in [2.24, 2.45) is 5.92 Å². The summed E-state index contributed by atoms with van der Waals surface area (Å²) in [6, 6.07) is 13.2. The van der Waals surface area contributed by atoms with E-state index in [1.54, 1.807) is 43.5 Å². The van der Waals surface area contributed by atoms with Crippen molar-refractivity contribution in [3.8, 4) is 11.1 Å². The number of pyridine rings is 1. The Hall–Kier alpha value is -3.87. The number of alkyl carbamates (subject to hydrolysis) is 1. The number of benzene rings is 2. The number of carboxylic acid groups (broad SMARTS) is 1. The van der Waals surface area contributed by atoms with E-state index in [0.29, 0.717) is 28.6 Å². The lowest BCUT2D eigenvalue weighted by molar-refractivity contribution is -0.297. The quantitative estimate of drug-likeness (QED) is 0.495. The van der Waals surface area contributed by atoms with Crippen LogP contribution in [0.5, 0.6) is 0 Å². The molecule has 7 heteroatoms. The molecule has 1 N–H and O–H groups in total. The molecule has 190 valence electrons. The van der Waals surface area contributed by atoms with Crippen molar-refractivity contribution in [1.29, 1.82) is 0 Å². The van der Waals surface area contributed by atoms with E-state index in [1.807, 2.05) is 45.0 Å². The number of aryl methyl sites for hydroxylation is 1. The fraction of sp³-hybridized carbons (Fsp3) is 0.345. The number of nitrogens with zero attached hydrogens (tertiary/aromatic N) is 1. The molecule has 1 heterocycles. The predicted octanol–water partition coefficient (Wildman–Crippen LogP) is 4.42. The Kier molecular flexibility index (Phi) is 8.03. The summed E-state index contributed by atoms with van der Waals surface area (Å²) >= 11 is 0. The van der Waals surface area contributed by atoms with Gasteiger partial charge in [-0.3, -0.25) is 4.79 Å². The maximum absolute atomic E-state index is 13.7. The first-order chi connectivity index (χ1) is 16.9. The Morgan fingerprint density at radius 2 is 1.75 bits per heavy atom. The van der Waals surface area contributed by atoms with Crippen LogP contribution < -0.4 is 16.0 Å². The van der Waals surface area contributed by atoms with Crippen molar-refractivity contribution < 1.29 is 19.4 Å². The highest BCUT2D eigenvalue weighted by Crippen LogP contribution is 2.32. The molecule has 3 rings (SSSR count). The molecule has 0 bridgehead atoms. The van der Waals surface area contributed by atoms with Gasteiger partial charge in [0.15, 0.2) is 0 Å². The molecule has 0 spiro atoms. The molecule has 0 atom stereocenters. The highest BCUT2D eigenvalue weighted by molar-refractivity contribution is 5.99. The normalized spacial score (nSPS) is 11.9. The van der Waals surface area contributed by atoms with Gasteiger partial charge in [0.1, 0.15) is 5.60 Å². The van der Waals surface area contributed by atoms with Crippen molar-refractivity contribution >= 4 is 28.9 Å². The van der Waals surface area contributed by atoms with E-state index in [9.17, 15) is 19.5 Å². The number of hydrogen-bond acceptors (Lipinski definition) is 5. The number of amides is 1. The Labute approximate surface area is 211 Å². The Balaban J connectivity index is 2.31. The number of nitrogens with one attached hydrogen (secondary N) is 1. The molecule has 0 unspecified atom stereocenters. The minimum Gasteiger partial charge on any atom is -0.545 e. The number of carbonyl (C=O) groups is 2. The molecule has 1 amide bonds. The van der Waals surface area contributed by atoms with E-state index < -0.39 is 17.7 Å². The van der Waals surface area contributed by atoms with E-state index in [0.717, 1.165) is 22.8 Å². The number of ether oxygens (including phenoxy) is 1. The summed E-state index contributed by atoms with van der Waals surface area (Å²) in [5.41, 5.74) is 3.19. The first kappa shape index (κ1) is 26.7. The third-order valence-corrected chi connectivity index (χ3v) is 5.50. The molecule has 0 aliphatic carbocycles. The maximum atomic E-state index is 13.7. The van der Waals surface area contributed by atoms with Crippen molar-refractivity contribution in [2.75, 3.05) is 0 Å². The van der Waals surface area contributed by atoms with Gasteiger partial charge in [-0.25, -0.2) is 4.79 Å². The molecule has 7 nitrogen and oxygen atoms in total. The van der Waals surface area contributed by atoms with Crippen LogP contribution in [0.15, 0.2) is 53.3 Å². The number of rotatable bonds is 7. The van der Waals surface area contributed by atoms with Crippen molar-refractivity contribution in [2.45, 2.75) is 60.2 Å². The molecular formula is C29H33N2O5-. The molecule has 3 aromatic rings. The molecule has 36 heavy (non-hydrogen) atoms. The predicted molar refractivity (Wildman–Crippen MR) is 140 cm³/mol. The van der Waals surface area contributed by atoms with Crippen LogP contribution in [0.4, 0.5) is 4.79 Å². The third-order valence-electron chi connectivity index (χ3n) is 5.50. The summed E-state index contributed by atoms with van der Waals surface area (Å²) in [6.07, 6.45) is 1.82. The van der Waals surface area contributed by atoms with Crippen LogP contribution in [0, 0.1) is 12.8 Å². The van der Waals surface area contributed by atoms with Crippen LogP contribution >= 0.6 is 0 Å². The number of aromatic nitrogens is 1. The van der Waals surface area contributed by atoms with Gasteiger partial charge in [0.05, 0.1) is 12.5 Å². The summed E-state index contributed by atoms with van der Waals surface area (Å²) in [5, 5.41) is 15.0. The van der Waals surface area contributed by atoms with Gasteiger partial charge < -0.3 is 24.5 Å². The molecule has 0 saturated carbocycles. The van der Waals surface area contributed by atoms with Crippen LogP contribution in [-0.2, 0) is 22.6 Å². The van der Waals surface area contributed by atoms with Crippen molar-refractivity contribution in [1.82, 2.24) is 9.88 Å². The lowest BCUT2D eigenvalue weighted by Gasteiger charge is -2.23. The number of fused-ring (bicyclic) bond motifs is 1. The fourth-order valence-electron chi connectivity index (χ4n) is 4.04. The average Bonchev–Trinajstić information content (AvgIpc) is 2.77. The average molecular weight is 490 g/mol. The topological polar surface area (TPSA) is 100 Å². The largest absolute Gasteiger partial charge is 0.545 e. The summed E-state index contributed by atoms with van der Waals surface area (Å²) in [7, 11) is 0. The van der Waals surface area contributed by atoms with E-state index in [1.165, 1.54) is 6.08 Å². The van der Waals surface area contributed by atoms with Crippen LogP contribution in [0.2, 0.25) is 0 Å². The van der Waals surface area contributed by atoms with Gasteiger partial charge in [-0.05, 0) is 68.3 Å². The van der Waals surface area contributed by atoms with Crippen LogP contribution in [0.3, 0.4) is 0 Å². The van der Waals surface area contributed by atoms with Crippen molar-refractivity contribution in [3.63, 3.8) is 0 Å². The zero-order valence-electron chi connectivity index (χ0n) is 21.7. The van der Waals surface area contributed by atoms with Gasteiger partial charge in [-0.2, -0.15) is 0 Å². The van der Waals surface area contributed by atoms with E-state index in [4.69, 9.17) is 4.74 Å². The first-order valence-corrected chi connectivity index (χ1v) is 12.0. The van der Waals surface area contributed by atoms with Crippen LogP contribution in [0.25, 0.3) is 28.0 Å². The number of hydrogen-bond donors (Lipinski definition) is 1. The molecular weight excluding hydrogens is 456 g/mol. The second-order valence-corrected chi connectivity index (χ2v) is 10.3. The van der Waals surface area contributed by atoms with Gasteiger partial charge in [-0.15, -0.1) is 0 Å². The lowest BCUT2D eigenvalue weighted by atomic mass is 9.94. The van der Waals surface area contributed by atoms with Crippen LogP contribution in [-0.4, -0.2) is 22.2 Å². The van der Waals surface area contributed by atoms with Crippen LogP contribution in [0.1, 0.15) is 51.4 Å². The monoisotopic (exact) mass is 489 g/mol. The standard InChI is InChI=1S/C29H34N2O5/c1-18(2)17-31-24(16-30-28(35)36-29(4,5)6)26(21-11-7-19(3)8-12-21)23-15-20(10-14-25(32)33)9-13-22(23)27(31)34/h7-15,18H,16-17H2,1-6H3,(H,30,35)(H,32,33)/p-1/b14-10+. The van der Waals surface area contributed by atoms with Gasteiger partial charge in [0.25, 0.3) is 5.56 Å². The van der Waals surface area contributed by atoms with Crippen molar-refractivity contribution in [3.05, 3.63) is 75.7 Å². The zero-order valence-corrected chi connectivity index (χ0v) is 21.7. The van der Waals surface area contributed by atoms with E-state index in [2.05, 4.69) is 5.32 Å². The fourth-order valence-corrected chi connectivity index (χ4v) is 4.04. The molecule has 0 saturated heterocycles. The summed E-state index contributed by atoms with van der Waals surface area (Å²) < 4.78 is 7.14. The number of carbonyl (C=O) groups excluding carboxylic acids is 2. The second kappa shape index (κ2) is 10.8. The van der Waals surface area contributed by atoms with Gasteiger partial charge in [0.2, 0.25) is 0 Å². The lowest BCUT2D eigenvalue weighted by Crippen LogP contribution is -2.35. The number of carboxylic acids is 1. The SMILES string of the molecule is Cc1ccc(-c2c(CNC(=O)OC(C)(C)C)n(CC(C)C)c(=O)c3ccc(/C=C/C(=O)[O-])cc23)cc1. The molecule has 0 aliphatic heterocycles. The summed E-state index contributed by atoms with van der Waals surface area (Å²) in [5.74, 6) is -1.12. The van der Waals surface area contributed by atoms with E-state index in [-0.39, 0.29) is 18.0 Å². The van der Waals surface area contributed by atoms with Gasteiger partial charge in [-0.1, -0.05) is 55.8 Å². The van der Waals surface area contributed by atoms with Gasteiger partial charge in [0, 0.05) is 23.2 Å². The Morgan fingerprint density at radius 1 is 1.08 bits per heavy atom. The molecule has 1 aromatic heterocycles. The summed E-state index contributed by atoms with van der Waals surface area (Å²) in [6.45, 7) is 12.0. The maximum Gasteiger partial charge on any atom is 0.407 e.